The highest BCUT2D eigenvalue weighted by Crippen LogP contribution is 2.39. The van der Waals surface area contributed by atoms with Crippen molar-refractivity contribution in [2.75, 3.05) is 18.4 Å². The smallest absolute Gasteiger partial charge is 0.240 e. The number of rotatable bonds is 7. The third-order valence-corrected chi connectivity index (χ3v) is 8.61. The maximum absolute atomic E-state index is 13.1. The lowest BCUT2D eigenvalue weighted by atomic mass is 9.98. The van der Waals surface area contributed by atoms with Gasteiger partial charge in [-0.05, 0) is 59.1 Å². The van der Waals surface area contributed by atoms with Gasteiger partial charge in [-0.25, -0.2) is 13.1 Å². The van der Waals surface area contributed by atoms with Crippen LogP contribution in [-0.2, 0) is 26.0 Å². The fourth-order valence-corrected chi connectivity index (χ4v) is 6.57. The van der Waals surface area contributed by atoms with Gasteiger partial charge >= 0.3 is 0 Å². The molecule has 0 bridgehead atoms. The maximum Gasteiger partial charge on any atom is 0.240 e. The highest BCUT2D eigenvalue weighted by Gasteiger charge is 2.33. The molecule has 0 aliphatic carbocycles. The zero-order valence-corrected chi connectivity index (χ0v) is 19.9. The van der Waals surface area contributed by atoms with E-state index in [1.807, 2.05) is 22.4 Å². The predicted octanol–water partition coefficient (Wildman–Crippen LogP) is 3.61. The molecule has 0 saturated heterocycles. The van der Waals surface area contributed by atoms with Gasteiger partial charge in [-0.15, -0.1) is 22.7 Å². The van der Waals surface area contributed by atoms with Gasteiger partial charge < -0.3 is 10.2 Å². The number of fused-ring (bicyclic) bond motifs is 1. The second-order valence-corrected chi connectivity index (χ2v) is 11.2. The van der Waals surface area contributed by atoms with Gasteiger partial charge in [0, 0.05) is 41.9 Å². The van der Waals surface area contributed by atoms with E-state index in [9.17, 15) is 18.0 Å². The zero-order chi connectivity index (χ0) is 22.7. The molecule has 1 atom stereocenters. The van der Waals surface area contributed by atoms with Gasteiger partial charge in [0.2, 0.25) is 21.8 Å². The summed E-state index contributed by atoms with van der Waals surface area (Å²) in [5, 5.41) is 6.66. The molecule has 1 aliphatic heterocycles. The van der Waals surface area contributed by atoms with Gasteiger partial charge in [0.05, 0.1) is 10.9 Å². The normalized spacial score (nSPS) is 15.9. The topological polar surface area (TPSA) is 95.6 Å². The molecule has 10 heteroatoms. The van der Waals surface area contributed by atoms with Gasteiger partial charge in [-0.2, -0.15) is 0 Å². The number of sulfonamides is 1. The summed E-state index contributed by atoms with van der Waals surface area (Å²) in [6.45, 7) is 2.01. The van der Waals surface area contributed by atoms with Crippen LogP contribution >= 0.6 is 22.7 Å². The number of thiophene rings is 2. The van der Waals surface area contributed by atoms with Gasteiger partial charge in [0.1, 0.15) is 0 Å². The van der Waals surface area contributed by atoms with Crippen LogP contribution in [0.4, 0.5) is 5.69 Å². The second-order valence-electron chi connectivity index (χ2n) is 7.41. The molecular weight excluding hydrogens is 466 g/mol. The highest BCUT2D eigenvalue weighted by molar-refractivity contribution is 7.89. The Bertz CT molecular complexity index is 1200. The molecule has 7 nitrogen and oxygen atoms in total. The summed E-state index contributed by atoms with van der Waals surface area (Å²) < 4.78 is 27.7. The Balaban J connectivity index is 1.40. The lowest BCUT2D eigenvalue weighted by Crippen LogP contribution is -2.41. The molecule has 32 heavy (non-hydrogen) atoms. The third kappa shape index (κ3) is 4.93. The number of anilines is 1. The Morgan fingerprint density at radius 1 is 1.09 bits per heavy atom. The second kappa shape index (κ2) is 9.53. The molecule has 4 rings (SSSR count). The van der Waals surface area contributed by atoms with Gasteiger partial charge in [0.25, 0.3) is 0 Å². The van der Waals surface area contributed by atoms with Crippen LogP contribution in [0.2, 0.25) is 0 Å². The van der Waals surface area contributed by atoms with E-state index < -0.39 is 10.0 Å². The Morgan fingerprint density at radius 3 is 2.56 bits per heavy atom. The fourth-order valence-electron chi connectivity index (χ4n) is 3.78. The molecule has 1 aliphatic rings. The van der Waals surface area contributed by atoms with E-state index in [1.54, 1.807) is 22.7 Å². The monoisotopic (exact) mass is 489 g/mol. The van der Waals surface area contributed by atoms with Crippen molar-refractivity contribution in [3.63, 3.8) is 0 Å². The molecular formula is C22H23N3O4S3. The van der Waals surface area contributed by atoms with E-state index in [1.165, 1.54) is 36.1 Å². The van der Waals surface area contributed by atoms with E-state index >= 15 is 0 Å². The van der Waals surface area contributed by atoms with Crippen molar-refractivity contribution in [3.05, 3.63) is 68.5 Å². The molecule has 0 fully saturated rings. The van der Waals surface area contributed by atoms with Crippen molar-refractivity contribution in [1.29, 1.82) is 0 Å². The van der Waals surface area contributed by atoms with Crippen LogP contribution in [0.25, 0.3) is 0 Å². The molecule has 1 aromatic carbocycles. The first-order valence-corrected chi connectivity index (χ1v) is 13.4. The zero-order valence-electron chi connectivity index (χ0n) is 17.4. The summed E-state index contributed by atoms with van der Waals surface area (Å²) in [5.74, 6) is -0.311. The molecule has 3 aromatic rings. The van der Waals surface area contributed by atoms with Gasteiger partial charge in [-0.1, -0.05) is 6.07 Å². The maximum atomic E-state index is 13.1. The SMILES string of the molecule is CC(=O)Nc1ccc(S(=O)(=O)NCCC(=O)N2CCc3sccc3[C@H]2c2cccs2)cc1. The van der Waals surface area contributed by atoms with Crippen molar-refractivity contribution in [3.8, 4) is 0 Å². The minimum absolute atomic E-state index is 0.0127. The minimum Gasteiger partial charge on any atom is -0.330 e. The minimum atomic E-state index is -3.76. The molecule has 0 saturated carbocycles. The Kier molecular flexibility index (Phi) is 6.75. The van der Waals surface area contributed by atoms with Crippen LogP contribution < -0.4 is 10.0 Å². The molecule has 0 unspecified atom stereocenters. The number of carbonyl (C=O) groups is 2. The summed E-state index contributed by atoms with van der Waals surface area (Å²) in [6.07, 6.45) is 0.886. The van der Waals surface area contributed by atoms with Crippen LogP contribution in [0.5, 0.6) is 0 Å². The van der Waals surface area contributed by atoms with E-state index in [0.29, 0.717) is 12.2 Å². The molecule has 2 N–H and O–H groups in total. The van der Waals surface area contributed by atoms with E-state index in [2.05, 4.69) is 21.5 Å². The molecule has 0 spiro atoms. The average Bonchev–Trinajstić information content (AvgIpc) is 3.45. The fraction of sp³-hybridized carbons (Fsp3) is 0.273. The van der Waals surface area contributed by atoms with Gasteiger partial charge in [0.15, 0.2) is 0 Å². The van der Waals surface area contributed by atoms with Crippen LogP contribution in [0.1, 0.15) is 34.7 Å². The van der Waals surface area contributed by atoms with Crippen molar-refractivity contribution in [2.45, 2.75) is 30.7 Å². The number of hydrogen-bond donors (Lipinski definition) is 2. The largest absolute Gasteiger partial charge is 0.330 e. The average molecular weight is 490 g/mol. The first-order valence-electron chi connectivity index (χ1n) is 10.1. The summed E-state index contributed by atoms with van der Waals surface area (Å²) in [7, 11) is -3.76. The highest BCUT2D eigenvalue weighted by atomic mass is 32.2. The predicted molar refractivity (Wildman–Crippen MR) is 126 cm³/mol. The molecule has 0 radical (unpaired) electrons. The number of nitrogens with one attached hydrogen (secondary N) is 2. The lowest BCUT2D eigenvalue weighted by molar-refractivity contribution is -0.133. The summed E-state index contributed by atoms with van der Waals surface area (Å²) in [4.78, 5) is 28.5. The Labute approximate surface area is 195 Å². The van der Waals surface area contributed by atoms with E-state index in [0.717, 1.165) is 16.9 Å². The van der Waals surface area contributed by atoms with Crippen LogP contribution in [0.15, 0.2) is 58.1 Å². The summed E-state index contributed by atoms with van der Waals surface area (Å²) in [5.41, 5.74) is 1.68. The Morgan fingerprint density at radius 2 is 1.88 bits per heavy atom. The van der Waals surface area contributed by atoms with E-state index in [4.69, 9.17) is 0 Å². The molecule has 3 heterocycles. The van der Waals surface area contributed by atoms with Crippen LogP contribution in [0, 0.1) is 0 Å². The summed E-state index contributed by atoms with van der Waals surface area (Å²) in [6, 6.07) is 11.9. The number of hydrogen-bond acceptors (Lipinski definition) is 6. The first kappa shape index (κ1) is 22.7. The quantitative estimate of drug-likeness (QED) is 0.530. The third-order valence-electron chi connectivity index (χ3n) is 5.21. The van der Waals surface area contributed by atoms with Crippen molar-refractivity contribution >= 4 is 50.2 Å². The Hall–Kier alpha value is -2.53. The number of benzene rings is 1. The first-order chi connectivity index (χ1) is 15.3. The van der Waals surface area contributed by atoms with Crippen molar-refractivity contribution in [1.82, 2.24) is 9.62 Å². The number of nitrogens with zero attached hydrogens (tertiary/aromatic N) is 1. The van der Waals surface area contributed by atoms with E-state index in [-0.39, 0.29) is 35.7 Å². The number of amides is 2. The number of carbonyl (C=O) groups excluding carboxylic acids is 2. The van der Waals surface area contributed by atoms with Crippen LogP contribution in [0.3, 0.4) is 0 Å². The van der Waals surface area contributed by atoms with Gasteiger partial charge in [-0.3, -0.25) is 9.59 Å². The van der Waals surface area contributed by atoms with Crippen molar-refractivity contribution in [2.24, 2.45) is 0 Å². The lowest BCUT2D eigenvalue weighted by Gasteiger charge is -2.35. The molecule has 2 aromatic heterocycles. The van der Waals surface area contributed by atoms with Crippen LogP contribution in [-0.4, -0.2) is 38.2 Å². The standard InChI is InChI=1S/C22H23N3O4S3/c1-15(26)24-16-4-6-17(7-5-16)32(28,29)23-11-8-21(27)25-12-9-19-18(10-14-31-19)22(25)20-3-2-13-30-20/h2-7,10,13-14,22-23H,8-9,11-12H2,1H3,(H,24,26)/t22-/m0/s1. The van der Waals surface area contributed by atoms with Crippen molar-refractivity contribution < 1.29 is 18.0 Å². The molecule has 2 amide bonds. The summed E-state index contributed by atoms with van der Waals surface area (Å²) >= 11 is 3.34. The molecule has 168 valence electrons.